The molecule has 0 spiro atoms. The van der Waals surface area contributed by atoms with Gasteiger partial charge >= 0.3 is 0 Å². The van der Waals surface area contributed by atoms with E-state index in [1.54, 1.807) is 0 Å². The summed E-state index contributed by atoms with van der Waals surface area (Å²) in [5.41, 5.74) is 0.653. The number of anilines is 1. The van der Waals surface area contributed by atoms with Gasteiger partial charge in [0.15, 0.2) is 0 Å². The summed E-state index contributed by atoms with van der Waals surface area (Å²) in [5.74, 6) is 0.669. The van der Waals surface area contributed by atoms with E-state index in [0.29, 0.717) is 5.88 Å². The normalized spacial score (nSPS) is 12.8. The molecule has 2 N–H and O–H groups in total. The lowest BCUT2D eigenvalue weighted by atomic mass is 9.90. The molecule has 0 atom stereocenters. The fourth-order valence-electron chi connectivity index (χ4n) is 1.21. The van der Waals surface area contributed by atoms with E-state index in [1.165, 1.54) is 0 Å². The molecule has 0 aromatic carbocycles. The Morgan fingerprint density at radius 1 is 1.35 bits per heavy atom. The Morgan fingerprint density at radius 3 is 2.53 bits per heavy atom. The molecule has 1 rings (SSSR count). The van der Waals surface area contributed by atoms with E-state index < -0.39 is 0 Å². The number of nitrogens with one attached hydrogen (secondary N) is 1. The third-order valence-corrected chi connectivity index (χ3v) is 3.30. The van der Waals surface area contributed by atoms with Gasteiger partial charge in [0.2, 0.25) is 5.88 Å². The first kappa shape index (κ1) is 14.0. The Kier molecular flexibility index (Phi) is 4.20. The Balaban J connectivity index is 2.64. The van der Waals surface area contributed by atoms with Crippen LogP contribution in [0.15, 0.2) is 10.6 Å². The smallest absolute Gasteiger partial charge is 0.224 e. The Morgan fingerprint density at radius 2 is 2.00 bits per heavy atom. The molecule has 0 amide bonds. The van der Waals surface area contributed by atoms with Crippen LogP contribution in [0.1, 0.15) is 46.7 Å². The minimum absolute atomic E-state index is 0.0550. The first-order valence-corrected chi connectivity index (χ1v) is 6.13. The molecule has 0 radical (unpaired) electrons. The molecule has 1 aromatic rings. The number of aromatic nitrogens is 1. The molecule has 0 aliphatic rings. The highest BCUT2D eigenvalue weighted by molar-refractivity contribution is 5.34. The molecule has 0 unspecified atom stereocenters. The lowest BCUT2D eigenvalue weighted by Crippen LogP contribution is -2.22. The third-order valence-electron chi connectivity index (χ3n) is 3.30. The summed E-state index contributed by atoms with van der Waals surface area (Å²) in [6.45, 7) is 11.3. The van der Waals surface area contributed by atoms with Crippen LogP contribution in [0.4, 0.5) is 5.88 Å². The minimum Gasteiger partial charge on any atom is -0.395 e. The maximum Gasteiger partial charge on any atom is 0.224 e. The van der Waals surface area contributed by atoms with Crippen molar-refractivity contribution >= 4 is 5.88 Å². The van der Waals surface area contributed by atoms with Gasteiger partial charge in [0.05, 0.1) is 12.3 Å². The molecule has 0 bridgehead atoms. The van der Waals surface area contributed by atoms with Crippen molar-refractivity contribution < 1.29 is 9.63 Å². The monoisotopic (exact) mass is 240 g/mol. The van der Waals surface area contributed by atoms with Gasteiger partial charge in [0, 0.05) is 18.0 Å². The molecular formula is C13H24N2O2. The van der Waals surface area contributed by atoms with Crippen LogP contribution < -0.4 is 5.32 Å². The van der Waals surface area contributed by atoms with Gasteiger partial charge in [0.25, 0.3) is 0 Å². The first-order chi connectivity index (χ1) is 7.80. The summed E-state index contributed by atoms with van der Waals surface area (Å²) in [7, 11) is 0. The average Bonchev–Trinajstić information content (AvgIpc) is 2.76. The highest BCUT2D eigenvalue weighted by Gasteiger charge is 2.24. The average molecular weight is 240 g/mol. The summed E-state index contributed by atoms with van der Waals surface area (Å²) in [4.78, 5) is 0. The molecule has 1 aromatic heterocycles. The van der Waals surface area contributed by atoms with Crippen molar-refractivity contribution in [3.05, 3.63) is 11.8 Å². The second-order valence-corrected chi connectivity index (χ2v) is 5.99. The number of rotatable bonds is 6. The summed E-state index contributed by atoms with van der Waals surface area (Å²) in [6.07, 6.45) is 1.10. The second-order valence-electron chi connectivity index (χ2n) is 5.99. The highest BCUT2D eigenvalue weighted by Crippen LogP contribution is 2.25. The topological polar surface area (TPSA) is 58.3 Å². The van der Waals surface area contributed by atoms with E-state index in [4.69, 9.17) is 4.52 Å². The molecule has 4 heteroatoms. The van der Waals surface area contributed by atoms with Gasteiger partial charge < -0.3 is 14.9 Å². The van der Waals surface area contributed by atoms with Crippen LogP contribution in [0.2, 0.25) is 0 Å². The molecule has 0 saturated carbocycles. The van der Waals surface area contributed by atoms with Gasteiger partial charge in [-0.1, -0.05) is 39.8 Å². The largest absolute Gasteiger partial charge is 0.395 e. The lowest BCUT2D eigenvalue weighted by Gasteiger charge is -2.22. The van der Waals surface area contributed by atoms with Crippen LogP contribution in [0.5, 0.6) is 0 Å². The summed E-state index contributed by atoms with van der Waals surface area (Å²) < 4.78 is 5.22. The lowest BCUT2D eigenvalue weighted by molar-refractivity contribution is 0.210. The number of hydrogen-bond donors (Lipinski definition) is 2. The minimum atomic E-state index is -0.357. The maximum atomic E-state index is 9.25. The summed E-state index contributed by atoms with van der Waals surface area (Å²) in [6, 6.07) is 1.86. The molecule has 0 fully saturated rings. The van der Waals surface area contributed by atoms with Gasteiger partial charge in [0.1, 0.15) is 0 Å². The molecule has 0 saturated heterocycles. The van der Waals surface area contributed by atoms with Crippen molar-refractivity contribution in [2.24, 2.45) is 5.41 Å². The van der Waals surface area contributed by atoms with Crippen LogP contribution in [0.25, 0.3) is 0 Å². The van der Waals surface area contributed by atoms with Crippen molar-refractivity contribution in [3.63, 3.8) is 0 Å². The Hall–Kier alpha value is -1.03. The third kappa shape index (κ3) is 3.73. The molecule has 0 aliphatic heterocycles. The molecular weight excluding hydrogens is 216 g/mol. The van der Waals surface area contributed by atoms with Gasteiger partial charge in [-0.05, 0) is 11.8 Å². The zero-order chi connectivity index (χ0) is 13.1. The standard InChI is InChI=1S/C13H24N2O2/c1-6-12(2,3)8-14-11-7-10(15-17-11)13(4,5)9-16/h7,14,16H,6,8-9H2,1-5H3. The molecule has 0 aliphatic carbocycles. The predicted octanol–water partition coefficient (Wildman–Crippen LogP) is 2.79. The Bertz CT molecular complexity index is 356. The fourth-order valence-corrected chi connectivity index (χ4v) is 1.21. The van der Waals surface area contributed by atoms with E-state index in [1.807, 2.05) is 19.9 Å². The number of hydrogen-bond acceptors (Lipinski definition) is 4. The number of aliphatic hydroxyl groups is 1. The second kappa shape index (κ2) is 5.08. The van der Waals surface area contributed by atoms with E-state index in [9.17, 15) is 5.11 Å². The van der Waals surface area contributed by atoms with Gasteiger partial charge in [-0.25, -0.2) is 0 Å². The van der Waals surface area contributed by atoms with Crippen LogP contribution in [0, 0.1) is 5.41 Å². The fraction of sp³-hybridized carbons (Fsp3) is 0.769. The van der Waals surface area contributed by atoms with Crippen LogP contribution in [-0.2, 0) is 5.41 Å². The van der Waals surface area contributed by atoms with Crippen molar-refractivity contribution in [3.8, 4) is 0 Å². The molecule has 98 valence electrons. The number of aliphatic hydroxyl groups excluding tert-OH is 1. The number of nitrogens with zero attached hydrogens (tertiary/aromatic N) is 1. The molecule has 17 heavy (non-hydrogen) atoms. The van der Waals surface area contributed by atoms with Crippen LogP contribution in [-0.4, -0.2) is 23.4 Å². The zero-order valence-electron chi connectivity index (χ0n) is 11.5. The van der Waals surface area contributed by atoms with Crippen molar-refractivity contribution in [2.45, 2.75) is 46.5 Å². The highest BCUT2D eigenvalue weighted by atomic mass is 16.5. The Labute approximate surface area is 103 Å². The van der Waals surface area contributed by atoms with E-state index in [2.05, 4.69) is 31.2 Å². The van der Waals surface area contributed by atoms with E-state index in [0.717, 1.165) is 18.7 Å². The van der Waals surface area contributed by atoms with Crippen LogP contribution >= 0.6 is 0 Å². The predicted molar refractivity (Wildman–Crippen MR) is 69.2 cm³/mol. The van der Waals surface area contributed by atoms with Gasteiger partial charge in [-0.2, -0.15) is 0 Å². The maximum absolute atomic E-state index is 9.25. The summed E-state index contributed by atoms with van der Waals surface area (Å²) >= 11 is 0. The van der Waals surface area contributed by atoms with Crippen molar-refractivity contribution in [2.75, 3.05) is 18.5 Å². The van der Waals surface area contributed by atoms with Gasteiger partial charge in [-0.3, -0.25) is 0 Å². The zero-order valence-corrected chi connectivity index (χ0v) is 11.5. The SMILES string of the molecule is CCC(C)(C)CNc1cc(C(C)(C)CO)no1. The van der Waals surface area contributed by atoms with Gasteiger partial charge in [-0.15, -0.1) is 0 Å². The molecule has 4 nitrogen and oxygen atoms in total. The summed E-state index contributed by atoms with van der Waals surface area (Å²) in [5, 5.41) is 16.5. The molecule has 1 heterocycles. The van der Waals surface area contributed by atoms with Crippen molar-refractivity contribution in [1.29, 1.82) is 0 Å². The van der Waals surface area contributed by atoms with E-state index in [-0.39, 0.29) is 17.4 Å². The van der Waals surface area contributed by atoms with Crippen molar-refractivity contribution in [1.82, 2.24) is 5.16 Å². The first-order valence-electron chi connectivity index (χ1n) is 6.13. The quantitative estimate of drug-likeness (QED) is 0.802. The van der Waals surface area contributed by atoms with Crippen LogP contribution in [0.3, 0.4) is 0 Å². The van der Waals surface area contributed by atoms with E-state index >= 15 is 0 Å².